The monoisotopic (exact) mass is 371 g/mol. The van der Waals surface area contributed by atoms with Gasteiger partial charge in [0.05, 0.1) is 12.7 Å². The number of likely N-dealkylation sites (tertiary alicyclic amines) is 1. The van der Waals surface area contributed by atoms with Crippen molar-refractivity contribution >= 4 is 5.78 Å². The van der Waals surface area contributed by atoms with Crippen molar-refractivity contribution < 1.29 is 14.3 Å². The number of ketones is 1. The summed E-state index contributed by atoms with van der Waals surface area (Å²) in [4.78, 5) is 15.4. The van der Waals surface area contributed by atoms with Crippen LogP contribution in [0.3, 0.4) is 0 Å². The fourth-order valence-corrected chi connectivity index (χ4v) is 6.35. The molecule has 1 saturated heterocycles. The molecule has 4 nitrogen and oxygen atoms in total. The van der Waals surface area contributed by atoms with E-state index in [0.29, 0.717) is 37.2 Å². The molecule has 1 aromatic carbocycles. The molecular weight excluding hydrogens is 338 g/mol. The quantitative estimate of drug-likeness (QED) is 0.790. The number of hydrogen-bond donors (Lipinski definition) is 0. The van der Waals surface area contributed by atoms with E-state index in [4.69, 9.17) is 9.47 Å². The topological polar surface area (TPSA) is 38.8 Å². The first-order valence-corrected chi connectivity index (χ1v) is 10.5. The Morgan fingerprint density at radius 1 is 1.30 bits per heavy atom. The van der Waals surface area contributed by atoms with E-state index >= 15 is 0 Å². The molecule has 3 aliphatic rings. The minimum Gasteiger partial charge on any atom is -0.496 e. The number of ether oxygens (including phenoxy) is 2. The molecule has 0 spiro atoms. The van der Waals surface area contributed by atoms with Crippen LogP contribution in [0.25, 0.3) is 0 Å². The van der Waals surface area contributed by atoms with Crippen molar-refractivity contribution in [1.82, 2.24) is 4.90 Å². The SMILES string of the molecule is CCO[C@@]12CCC(=O)C[C@@]13CCN(CC(C)C)[C@@H]2Cc1cccc(OC)c13. The van der Waals surface area contributed by atoms with Crippen molar-refractivity contribution in [3.63, 3.8) is 0 Å². The van der Waals surface area contributed by atoms with Crippen molar-refractivity contribution in [2.45, 2.75) is 69.9 Å². The third kappa shape index (κ3) is 2.67. The molecule has 0 amide bonds. The van der Waals surface area contributed by atoms with Crippen LogP contribution in [0.4, 0.5) is 0 Å². The van der Waals surface area contributed by atoms with Gasteiger partial charge in [0.25, 0.3) is 0 Å². The summed E-state index contributed by atoms with van der Waals surface area (Å²) in [7, 11) is 1.75. The van der Waals surface area contributed by atoms with Gasteiger partial charge in [-0.05, 0) is 50.3 Å². The van der Waals surface area contributed by atoms with E-state index in [-0.39, 0.29) is 11.0 Å². The van der Waals surface area contributed by atoms with Gasteiger partial charge in [-0.2, -0.15) is 0 Å². The van der Waals surface area contributed by atoms with E-state index in [2.05, 4.69) is 43.9 Å². The number of rotatable bonds is 5. The molecule has 2 bridgehead atoms. The third-order valence-electron chi connectivity index (χ3n) is 7.11. The summed E-state index contributed by atoms with van der Waals surface area (Å²) in [5.41, 5.74) is 2.06. The molecule has 3 atom stereocenters. The molecule has 0 unspecified atom stereocenters. The first kappa shape index (κ1) is 18.9. The number of hydrogen-bond acceptors (Lipinski definition) is 4. The lowest BCUT2D eigenvalue weighted by atomic mass is 9.49. The largest absolute Gasteiger partial charge is 0.496 e. The Morgan fingerprint density at radius 3 is 2.81 bits per heavy atom. The predicted octanol–water partition coefficient (Wildman–Crippen LogP) is 3.75. The summed E-state index contributed by atoms with van der Waals surface area (Å²) < 4.78 is 12.5. The maximum Gasteiger partial charge on any atom is 0.134 e. The fourth-order valence-electron chi connectivity index (χ4n) is 6.35. The number of piperidine rings is 1. The lowest BCUT2D eigenvalue weighted by Crippen LogP contribution is -2.74. The Hall–Kier alpha value is -1.39. The van der Waals surface area contributed by atoms with Gasteiger partial charge >= 0.3 is 0 Å². The molecule has 0 N–H and O–H groups in total. The number of nitrogens with zero attached hydrogens (tertiary/aromatic N) is 1. The van der Waals surface area contributed by atoms with Gasteiger partial charge in [0, 0.05) is 43.0 Å². The van der Waals surface area contributed by atoms with Crippen molar-refractivity contribution in [1.29, 1.82) is 0 Å². The molecule has 1 heterocycles. The molecule has 148 valence electrons. The van der Waals surface area contributed by atoms with Gasteiger partial charge in [0.1, 0.15) is 11.5 Å². The van der Waals surface area contributed by atoms with Gasteiger partial charge in [0.15, 0.2) is 0 Å². The normalized spacial score (nSPS) is 32.9. The number of fused-ring (bicyclic) bond motifs is 1. The second-order valence-electron chi connectivity index (χ2n) is 8.97. The molecular formula is C23H33NO3. The van der Waals surface area contributed by atoms with E-state index < -0.39 is 0 Å². The van der Waals surface area contributed by atoms with Gasteiger partial charge in [-0.1, -0.05) is 26.0 Å². The van der Waals surface area contributed by atoms with Crippen LogP contribution in [0.15, 0.2) is 18.2 Å². The Morgan fingerprint density at radius 2 is 2.11 bits per heavy atom. The van der Waals surface area contributed by atoms with Crippen LogP contribution in [0.5, 0.6) is 5.75 Å². The summed E-state index contributed by atoms with van der Waals surface area (Å²) in [6, 6.07) is 6.72. The summed E-state index contributed by atoms with van der Waals surface area (Å²) in [5, 5.41) is 0. The van der Waals surface area contributed by atoms with Crippen molar-refractivity contribution in [3.05, 3.63) is 29.3 Å². The Balaban J connectivity index is 1.93. The molecule has 1 aromatic rings. The lowest BCUT2D eigenvalue weighted by Gasteiger charge is -2.65. The summed E-state index contributed by atoms with van der Waals surface area (Å²) in [6.45, 7) is 9.48. The smallest absolute Gasteiger partial charge is 0.134 e. The molecule has 1 aliphatic heterocycles. The highest BCUT2D eigenvalue weighted by Crippen LogP contribution is 2.61. The summed E-state index contributed by atoms with van der Waals surface area (Å²) >= 11 is 0. The van der Waals surface area contributed by atoms with E-state index in [1.807, 2.05) is 0 Å². The predicted molar refractivity (Wildman–Crippen MR) is 106 cm³/mol. The Bertz CT molecular complexity index is 730. The fraction of sp³-hybridized carbons (Fsp3) is 0.696. The number of carbonyl (C=O) groups is 1. The van der Waals surface area contributed by atoms with Crippen LogP contribution in [0, 0.1) is 5.92 Å². The molecule has 4 heteroatoms. The molecule has 0 aromatic heterocycles. The molecule has 2 fully saturated rings. The highest BCUT2D eigenvalue weighted by Gasteiger charge is 2.66. The van der Waals surface area contributed by atoms with Crippen molar-refractivity contribution in [3.8, 4) is 5.75 Å². The molecule has 27 heavy (non-hydrogen) atoms. The van der Waals surface area contributed by atoms with Crippen molar-refractivity contribution in [2.75, 3.05) is 26.8 Å². The zero-order chi connectivity index (χ0) is 19.2. The summed E-state index contributed by atoms with van der Waals surface area (Å²) in [5.74, 6) is 1.93. The van der Waals surface area contributed by atoms with Crippen LogP contribution in [0.1, 0.15) is 57.6 Å². The average molecular weight is 372 g/mol. The lowest BCUT2D eigenvalue weighted by molar-refractivity contribution is -0.199. The minimum atomic E-state index is -0.287. The Kier molecular flexibility index (Phi) is 4.84. The zero-order valence-corrected chi connectivity index (χ0v) is 17.2. The van der Waals surface area contributed by atoms with Crippen LogP contribution in [0.2, 0.25) is 0 Å². The average Bonchev–Trinajstić information content (AvgIpc) is 2.63. The summed E-state index contributed by atoms with van der Waals surface area (Å²) in [6.07, 6.45) is 4.01. The maximum atomic E-state index is 12.7. The molecule has 2 aliphatic carbocycles. The zero-order valence-electron chi connectivity index (χ0n) is 17.2. The highest BCUT2D eigenvalue weighted by molar-refractivity contribution is 5.83. The van der Waals surface area contributed by atoms with E-state index in [0.717, 1.165) is 38.1 Å². The van der Waals surface area contributed by atoms with Crippen LogP contribution < -0.4 is 4.74 Å². The number of benzene rings is 1. The molecule has 1 saturated carbocycles. The van der Waals surface area contributed by atoms with Gasteiger partial charge in [0.2, 0.25) is 0 Å². The maximum absolute atomic E-state index is 12.7. The minimum absolute atomic E-state index is 0.253. The van der Waals surface area contributed by atoms with Crippen LogP contribution in [-0.4, -0.2) is 49.1 Å². The number of Topliss-reactive ketones (excluding diaryl/α,β-unsaturated/α-hetero) is 1. The first-order chi connectivity index (χ1) is 13.0. The van der Waals surface area contributed by atoms with E-state index in [1.165, 1.54) is 11.1 Å². The van der Waals surface area contributed by atoms with Crippen LogP contribution in [-0.2, 0) is 21.4 Å². The first-order valence-electron chi connectivity index (χ1n) is 10.5. The second-order valence-corrected chi connectivity index (χ2v) is 8.97. The number of methoxy groups -OCH3 is 1. The Labute approximate surface area is 163 Å². The third-order valence-corrected chi connectivity index (χ3v) is 7.11. The van der Waals surface area contributed by atoms with Gasteiger partial charge in [-0.25, -0.2) is 0 Å². The molecule has 0 radical (unpaired) electrons. The van der Waals surface area contributed by atoms with Gasteiger partial charge < -0.3 is 9.47 Å². The van der Waals surface area contributed by atoms with E-state index in [1.54, 1.807) is 7.11 Å². The van der Waals surface area contributed by atoms with Crippen molar-refractivity contribution in [2.24, 2.45) is 5.92 Å². The highest BCUT2D eigenvalue weighted by atomic mass is 16.5. The standard InChI is InChI=1S/C23H33NO3/c1-5-27-23-10-9-18(25)14-22(23)11-12-24(15-16(2)3)20(23)13-17-7-6-8-19(26-4)21(17)22/h6-8,16,20H,5,9-15H2,1-4H3/t20-,22-,23-/m1/s1. The van der Waals surface area contributed by atoms with E-state index in [9.17, 15) is 4.79 Å². The molecule has 4 rings (SSSR count). The van der Waals surface area contributed by atoms with Crippen LogP contribution >= 0.6 is 0 Å². The van der Waals surface area contributed by atoms with Gasteiger partial charge in [-0.3, -0.25) is 9.69 Å². The number of carbonyl (C=O) groups excluding carboxylic acids is 1. The second kappa shape index (κ2) is 6.89. The van der Waals surface area contributed by atoms with Gasteiger partial charge in [-0.15, -0.1) is 0 Å².